The van der Waals surface area contributed by atoms with Crippen molar-refractivity contribution in [1.29, 1.82) is 0 Å². The monoisotopic (exact) mass is 237 g/mol. The third-order valence-electron chi connectivity index (χ3n) is 2.86. The molecule has 1 aromatic heterocycles. The largest absolute Gasteiger partial charge is 0.299 e. The zero-order valence-electron chi connectivity index (χ0n) is 11.3. The third-order valence-corrected chi connectivity index (χ3v) is 2.86. The maximum absolute atomic E-state index is 11.8. The molecule has 0 aliphatic rings. The normalized spacial score (nSPS) is 13.0. The lowest BCUT2D eigenvalue weighted by Crippen LogP contribution is -2.15. The second kappa shape index (κ2) is 6.52. The van der Waals surface area contributed by atoms with Crippen LogP contribution in [0.25, 0.3) is 0 Å². The topological polar surface area (TPSA) is 47.8 Å². The highest BCUT2D eigenvalue weighted by Crippen LogP contribution is 2.10. The highest BCUT2D eigenvalue weighted by atomic mass is 16.1. The quantitative estimate of drug-likeness (QED) is 0.732. The van der Waals surface area contributed by atoms with Crippen molar-refractivity contribution in [2.75, 3.05) is 0 Å². The highest BCUT2D eigenvalue weighted by molar-refractivity contribution is 5.80. The number of aromatic nitrogens is 3. The van der Waals surface area contributed by atoms with Crippen LogP contribution in [0.15, 0.2) is 6.33 Å². The Morgan fingerprint density at radius 3 is 2.71 bits per heavy atom. The van der Waals surface area contributed by atoms with E-state index >= 15 is 0 Å². The van der Waals surface area contributed by atoms with Crippen LogP contribution in [0.4, 0.5) is 0 Å². The Balaban J connectivity index is 2.56. The van der Waals surface area contributed by atoms with Gasteiger partial charge in [-0.1, -0.05) is 34.1 Å². The van der Waals surface area contributed by atoms with Crippen LogP contribution in [0, 0.1) is 11.8 Å². The van der Waals surface area contributed by atoms with E-state index in [0.29, 0.717) is 24.7 Å². The van der Waals surface area contributed by atoms with Crippen LogP contribution < -0.4 is 0 Å². The van der Waals surface area contributed by atoms with Crippen LogP contribution in [0.1, 0.15) is 46.4 Å². The lowest BCUT2D eigenvalue weighted by molar-refractivity contribution is -0.119. The predicted molar refractivity (Wildman–Crippen MR) is 67.6 cm³/mol. The van der Waals surface area contributed by atoms with E-state index in [1.54, 1.807) is 0 Å². The first-order chi connectivity index (χ1) is 8.02. The minimum absolute atomic E-state index is 0.261. The highest BCUT2D eigenvalue weighted by Gasteiger charge is 2.13. The van der Waals surface area contributed by atoms with Gasteiger partial charge in [-0.25, -0.2) is 9.67 Å². The molecule has 1 unspecified atom stereocenters. The first kappa shape index (κ1) is 13.9. The lowest BCUT2D eigenvalue weighted by atomic mass is 10.0. The van der Waals surface area contributed by atoms with Crippen LogP contribution >= 0.6 is 0 Å². The molecule has 1 atom stereocenters. The molecule has 1 rings (SSSR count). The lowest BCUT2D eigenvalue weighted by Gasteiger charge is -2.09. The van der Waals surface area contributed by atoms with Gasteiger partial charge in [0.25, 0.3) is 0 Å². The number of carbonyl (C=O) groups is 1. The average molecular weight is 237 g/mol. The van der Waals surface area contributed by atoms with Gasteiger partial charge >= 0.3 is 0 Å². The number of carbonyl (C=O) groups excluding carboxylic acids is 1. The van der Waals surface area contributed by atoms with E-state index in [2.05, 4.69) is 37.8 Å². The summed E-state index contributed by atoms with van der Waals surface area (Å²) in [4.78, 5) is 16.0. The summed E-state index contributed by atoms with van der Waals surface area (Å²) in [5.41, 5.74) is 0. The molecule has 0 aliphatic heterocycles. The summed E-state index contributed by atoms with van der Waals surface area (Å²) in [7, 11) is 0. The summed E-state index contributed by atoms with van der Waals surface area (Å²) < 4.78 is 1.85. The Labute approximate surface area is 103 Å². The molecule has 4 nitrogen and oxygen atoms in total. The summed E-state index contributed by atoms with van der Waals surface area (Å²) in [5, 5.41) is 4.16. The zero-order valence-corrected chi connectivity index (χ0v) is 11.3. The summed E-state index contributed by atoms with van der Waals surface area (Å²) in [5.74, 6) is 2.04. The van der Waals surface area contributed by atoms with Gasteiger partial charge in [0.05, 0.1) is 6.42 Å². The van der Waals surface area contributed by atoms with Gasteiger partial charge in [-0.15, -0.1) is 0 Å². The molecule has 1 heterocycles. The molecule has 96 valence electrons. The molecule has 0 spiro atoms. The van der Waals surface area contributed by atoms with Crippen molar-refractivity contribution in [2.24, 2.45) is 11.8 Å². The molecule has 17 heavy (non-hydrogen) atoms. The molecule has 0 aromatic carbocycles. The van der Waals surface area contributed by atoms with Crippen molar-refractivity contribution in [1.82, 2.24) is 14.8 Å². The van der Waals surface area contributed by atoms with Gasteiger partial charge < -0.3 is 0 Å². The maximum atomic E-state index is 11.8. The fourth-order valence-corrected chi connectivity index (χ4v) is 1.70. The molecule has 0 amide bonds. The van der Waals surface area contributed by atoms with Crippen molar-refractivity contribution in [3.63, 3.8) is 0 Å². The molecule has 4 heteroatoms. The second-order valence-corrected chi connectivity index (χ2v) is 5.19. The van der Waals surface area contributed by atoms with Crippen LogP contribution in [0.3, 0.4) is 0 Å². The van der Waals surface area contributed by atoms with Gasteiger partial charge in [0.2, 0.25) is 0 Å². The minimum atomic E-state index is 0.261. The maximum Gasteiger partial charge on any atom is 0.140 e. The Hall–Kier alpha value is -1.19. The van der Waals surface area contributed by atoms with E-state index in [-0.39, 0.29) is 5.78 Å². The summed E-state index contributed by atoms with van der Waals surface area (Å²) in [6, 6.07) is 0. The number of rotatable bonds is 7. The fraction of sp³-hybridized carbons (Fsp3) is 0.769. The molecular weight excluding hydrogens is 214 g/mol. The Morgan fingerprint density at radius 1 is 1.41 bits per heavy atom. The van der Waals surface area contributed by atoms with Gasteiger partial charge in [0, 0.05) is 13.0 Å². The fourth-order valence-electron chi connectivity index (χ4n) is 1.70. The Bertz CT molecular complexity index is 357. The molecule has 0 N–H and O–H groups in total. The molecule has 0 radical (unpaired) electrons. The van der Waals surface area contributed by atoms with Gasteiger partial charge in [-0.2, -0.15) is 5.10 Å². The molecule has 0 bridgehead atoms. The summed E-state index contributed by atoms with van der Waals surface area (Å²) in [6.07, 6.45) is 3.64. The smallest absolute Gasteiger partial charge is 0.140 e. The Kier molecular flexibility index (Phi) is 5.32. The third kappa shape index (κ3) is 4.67. The predicted octanol–water partition coefficient (Wildman–Crippen LogP) is 2.48. The van der Waals surface area contributed by atoms with Gasteiger partial charge in [0.15, 0.2) is 0 Å². The summed E-state index contributed by atoms with van der Waals surface area (Å²) >= 11 is 0. The first-order valence-electron chi connectivity index (χ1n) is 6.41. The van der Waals surface area contributed by atoms with Crippen LogP contribution in [-0.2, 0) is 17.8 Å². The van der Waals surface area contributed by atoms with Crippen LogP contribution in [0.2, 0.25) is 0 Å². The second-order valence-electron chi connectivity index (χ2n) is 5.19. The van der Waals surface area contributed by atoms with Gasteiger partial charge in [-0.3, -0.25) is 4.79 Å². The van der Waals surface area contributed by atoms with Gasteiger partial charge in [-0.05, 0) is 11.8 Å². The number of nitrogens with zero attached hydrogens (tertiary/aromatic N) is 3. The van der Waals surface area contributed by atoms with Crippen LogP contribution in [0.5, 0.6) is 0 Å². The number of hydrogen-bond donors (Lipinski definition) is 0. The van der Waals surface area contributed by atoms with Crippen molar-refractivity contribution >= 4 is 5.78 Å². The van der Waals surface area contributed by atoms with Crippen molar-refractivity contribution in [2.45, 2.75) is 53.5 Å². The minimum Gasteiger partial charge on any atom is -0.299 e. The van der Waals surface area contributed by atoms with E-state index in [1.165, 1.54) is 6.33 Å². The van der Waals surface area contributed by atoms with Crippen molar-refractivity contribution in [3.05, 3.63) is 12.2 Å². The first-order valence-corrected chi connectivity index (χ1v) is 6.41. The average Bonchev–Trinajstić information content (AvgIpc) is 2.64. The molecular formula is C13H23N3O. The van der Waals surface area contributed by atoms with Gasteiger partial charge in [0.1, 0.15) is 17.9 Å². The number of Topliss-reactive ketones (excluding diaryl/α,β-unsaturated/α-hetero) is 1. The zero-order chi connectivity index (χ0) is 12.8. The number of hydrogen-bond acceptors (Lipinski definition) is 3. The Morgan fingerprint density at radius 2 is 2.12 bits per heavy atom. The van der Waals surface area contributed by atoms with E-state index < -0.39 is 0 Å². The van der Waals surface area contributed by atoms with Crippen LogP contribution in [-0.4, -0.2) is 20.5 Å². The van der Waals surface area contributed by atoms with E-state index in [9.17, 15) is 4.79 Å². The van der Waals surface area contributed by atoms with E-state index in [1.807, 2.05) is 4.68 Å². The van der Waals surface area contributed by atoms with Crippen molar-refractivity contribution in [3.8, 4) is 0 Å². The molecule has 0 fully saturated rings. The molecule has 0 aliphatic carbocycles. The van der Waals surface area contributed by atoms with E-state index in [4.69, 9.17) is 0 Å². The number of ketones is 1. The molecule has 0 saturated heterocycles. The molecule has 1 aromatic rings. The van der Waals surface area contributed by atoms with Crippen molar-refractivity contribution < 1.29 is 4.79 Å². The molecule has 0 saturated carbocycles. The summed E-state index contributed by atoms with van der Waals surface area (Å²) in [6.45, 7) is 9.31. The van der Waals surface area contributed by atoms with E-state index in [0.717, 1.165) is 18.8 Å². The SMILES string of the molecule is CCC(C)CC(=O)Cc1ncnn1CC(C)C. The standard InChI is InChI=1S/C13H23N3O/c1-5-11(4)6-12(17)7-13-14-9-15-16(13)8-10(2)3/h9-11H,5-8H2,1-4H3.